The van der Waals surface area contributed by atoms with Crippen molar-refractivity contribution in [1.29, 1.82) is 0 Å². The summed E-state index contributed by atoms with van der Waals surface area (Å²) in [6, 6.07) is 10.3. The van der Waals surface area contributed by atoms with Crippen LogP contribution >= 0.6 is 11.6 Å². The van der Waals surface area contributed by atoms with Gasteiger partial charge in [-0.05, 0) is 38.1 Å². The van der Waals surface area contributed by atoms with Crippen molar-refractivity contribution >= 4 is 40.5 Å². The fraction of sp³-hybridized carbons (Fsp3) is 0.250. The number of rotatable bonds is 7. The van der Waals surface area contributed by atoms with Crippen molar-refractivity contribution in [2.45, 2.75) is 26.5 Å². The highest BCUT2D eigenvalue weighted by Gasteiger charge is 2.27. The number of carbonyl (C=O) groups excluding carboxylic acids is 1. The summed E-state index contributed by atoms with van der Waals surface area (Å²) in [5, 5.41) is 4.27. The highest BCUT2D eigenvalue weighted by molar-refractivity contribution is 6.32. The number of nitrogens with one attached hydrogen (secondary N) is 2. The van der Waals surface area contributed by atoms with E-state index in [1.807, 2.05) is 25.1 Å². The number of cyclic esters (lactones) is 1. The van der Waals surface area contributed by atoms with E-state index in [-0.39, 0.29) is 30.7 Å². The van der Waals surface area contributed by atoms with Crippen LogP contribution in [0.15, 0.2) is 47.4 Å². The van der Waals surface area contributed by atoms with Gasteiger partial charge < -0.3 is 19.8 Å². The average Bonchev–Trinajstić information content (AvgIpc) is 3.29. The second-order valence-electron chi connectivity index (χ2n) is 8.17. The third-order valence-electron chi connectivity index (χ3n) is 5.58. The van der Waals surface area contributed by atoms with Gasteiger partial charge in [0.1, 0.15) is 24.8 Å². The van der Waals surface area contributed by atoms with Crippen LogP contribution < -0.4 is 20.5 Å². The van der Waals surface area contributed by atoms with E-state index in [1.54, 1.807) is 31.3 Å². The van der Waals surface area contributed by atoms with E-state index in [0.29, 0.717) is 34.2 Å². The van der Waals surface area contributed by atoms with Crippen LogP contribution in [-0.2, 0) is 11.3 Å². The van der Waals surface area contributed by atoms with Gasteiger partial charge in [0.15, 0.2) is 0 Å². The molecular formula is C24H22ClN7O4. The minimum Gasteiger partial charge on any atom is -0.486 e. The van der Waals surface area contributed by atoms with Crippen molar-refractivity contribution in [2.24, 2.45) is 0 Å². The van der Waals surface area contributed by atoms with Crippen LogP contribution in [0.2, 0.25) is 5.02 Å². The van der Waals surface area contributed by atoms with Crippen molar-refractivity contribution in [3.63, 3.8) is 0 Å². The summed E-state index contributed by atoms with van der Waals surface area (Å²) >= 11 is 6.46. The van der Waals surface area contributed by atoms with Crippen molar-refractivity contribution in [1.82, 2.24) is 24.9 Å². The molecule has 12 heteroatoms. The van der Waals surface area contributed by atoms with Gasteiger partial charge in [0.2, 0.25) is 11.9 Å². The van der Waals surface area contributed by atoms with Crippen LogP contribution in [0.1, 0.15) is 30.0 Å². The van der Waals surface area contributed by atoms with Gasteiger partial charge >= 0.3 is 6.09 Å². The summed E-state index contributed by atoms with van der Waals surface area (Å²) in [4.78, 5) is 46.1. The minimum absolute atomic E-state index is 0.192. The lowest BCUT2D eigenvalue weighted by atomic mass is 10.1. The van der Waals surface area contributed by atoms with Crippen LogP contribution in [-0.4, -0.2) is 44.2 Å². The smallest absolute Gasteiger partial charge is 0.416 e. The normalized spacial score (nSPS) is 14.1. The van der Waals surface area contributed by atoms with Crippen LogP contribution in [0.5, 0.6) is 5.75 Å². The van der Waals surface area contributed by atoms with Gasteiger partial charge in [0.05, 0.1) is 28.8 Å². The highest BCUT2D eigenvalue weighted by atomic mass is 35.5. The fourth-order valence-corrected chi connectivity index (χ4v) is 4.02. The predicted octanol–water partition coefficient (Wildman–Crippen LogP) is 3.78. The fourth-order valence-electron chi connectivity index (χ4n) is 3.79. The summed E-state index contributed by atoms with van der Waals surface area (Å²) in [5.41, 5.74) is 1.52. The molecule has 11 nitrogen and oxygen atoms in total. The Kier molecular flexibility index (Phi) is 6.38. The molecule has 1 aliphatic heterocycles. The number of aromatic nitrogens is 5. The molecule has 0 saturated carbocycles. The molecule has 4 heterocycles. The first-order chi connectivity index (χ1) is 17.4. The molecule has 3 aromatic heterocycles. The standard InChI is InChI=1S/C24H22ClN7O4/c1-13(27-22-28-14(2)29-23(31-22)32-7-8-35-24(32)34)17-9-15-10-18(25)20(11-19(15)30-21(17)33)36-12-16-5-3-4-6-26-16/h3-6,9-11,13H,7-8,12H2,1-2H3,(H,30,33)(H,27,28,29,31)/t13-/m0/s1. The van der Waals surface area contributed by atoms with Crippen LogP contribution in [0.3, 0.4) is 0 Å². The van der Waals surface area contributed by atoms with E-state index in [4.69, 9.17) is 21.1 Å². The second-order valence-corrected chi connectivity index (χ2v) is 8.58. The van der Waals surface area contributed by atoms with E-state index in [1.165, 1.54) is 4.90 Å². The summed E-state index contributed by atoms with van der Waals surface area (Å²) in [6.07, 6.45) is 1.18. The number of amides is 1. The minimum atomic E-state index is -0.508. The van der Waals surface area contributed by atoms with Crippen molar-refractivity contribution < 1.29 is 14.3 Å². The number of halogens is 1. The molecule has 0 radical (unpaired) electrons. The van der Waals surface area contributed by atoms with Gasteiger partial charge in [0, 0.05) is 23.2 Å². The lowest BCUT2D eigenvalue weighted by molar-refractivity contribution is 0.181. The van der Waals surface area contributed by atoms with Gasteiger partial charge in [-0.2, -0.15) is 15.0 Å². The van der Waals surface area contributed by atoms with E-state index in [2.05, 4.69) is 30.2 Å². The lowest BCUT2D eigenvalue weighted by Crippen LogP contribution is -2.27. The Balaban J connectivity index is 1.38. The van der Waals surface area contributed by atoms with Crippen molar-refractivity contribution in [3.05, 3.63) is 75.1 Å². The quantitative estimate of drug-likeness (QED) is 0.383. The number of hydrogen-bond donors (Lipinski definition) is 2. The Bertz CT molecular complexity index is 1500. The summed E-state index contributed by atoms with van der Waals surface area (Å²) in [6.45, 7) is 4.38. The number of pyridine rings is 2. The maximum absolute atomic E-state index is 12.9. The predicted molar refractivity (Wildman–Crippen MR) is 133 cm³/mol. The second kappa shape index (κ2) is 9.78. The molecule has 0 aliphatic carbocycles. The zero-order valence-electron chi connectivity index (χ0n) is 19.5. The van der Waals surface area contributed by atoms with E-state index in [0.717, 1.165) is 11.1 Å². The SMILES string of the molecule is Cc1nc(N[C@@H](C)c2cc3cc(Cl)c(OCc4ccccn4)cc3[nH]c2=O)nc(N2CCOC2=O)n1. The van der Waals surface area contributed by atoms with E-state index < -0.39 is 12.1 Å². The number of ether oxygens (including phenoxy) is 2. The first-order valence-corrected chi connectivity index (χ1v) is 11.6. The zero-order chi connectivity index (χ0) is 25.2. The maximum Gasteiger partial charge on any atom is 0.416 e. The molecule has 0 spiro atoms. The number of nitrogens with zero attached hydrogens (tertiary/aromatic N) is 5. The van der Waals surface area contributed by atoms with Crippen LogP contribution in [0.4, 0.5) is 16.7 Å². The number of fused-ring (bicyclic) bond motifs is 1. The molecule has 1 atom stereocenters. The molecule has 1 aliphatic rings. The Labute approximate surface area is 210 Å². The Hall–Kier alpha value is -4.25. The number of benzene rings is 1. The number of H-pyrrole nitrogens is 1. The van der Waals surface area contributed by atoms with E-state index in [9.17, 15) is 9.59 Å². The molecule has 4 aromatic rings. The summed E-state index contributed by atoms with van der Waals surface area (Å²) in [5.74, 6) is 1.29. The maximum atomic E-state index is 12.9. The Morgan fingerprint density at radius 1 is 1.22 bits per heavy atom. The third-order valence-corrected chi connectivity index (χ3v) is 5.87. The van der Waals surface area contributed by atoms with Crippen LogP contribution in [0, 0.1) is 6.92 Å². The number of hydrogen-bond acceptors (Lipinski definition) is 9. The lowest BCUT2D eigenvalue weighted by Gasteiger charge is -2.17. The van der Waals surface area contributed by atoms with Gasteiger partial charge in [-0.25, -0.2) is 9.69 Å². The molecular weight excluding hydrogens is 486 g/mol. The topological polar surface area (TPSA) is 135 Å². The molecule has 184 valence electrons. The summed E-state index contributed by atoms with van der Waals surface area (Å²) < 4.78 is 10.8. The highest BCUT2D eigenvalue weighted by Crippen LogP contribution is 2.30. The molecule has 1 amide bonds. The third kappa shape index (κ3) is 4.91. The molecule has 1 saturated heterocycles. The number of carbonyl (C=O) groups is 1. The van der Waals surface area contributed by atoms with Crippen LogP contribution in [0.25, 0.3) is 10.9 Å². The number of aromatic amines is 1. The van der Waals surface area contributed by atoms with Gasteiger partial charge in [-0.1, -0.05) is 17.7 Å². The number of anilines is 2. The Morgan fingerprint density at radius 2 is 2.08 bits per heavy atom. The average molecular weight is 508 g/mol. The molecule has 0 bridgehead atoms. The van der Waals surface area contributed by atoms with Gasteiger partial charge in [0.25, 0.3) is 5.56 Å². The molecule has 0 unspecified atom stereocenters. The van der Waals surface area contributed by atoms with E-state index >= 15 is 0 Å². The molecule has 1 fully saturated rings. The largest absolute Gasteiger partial charge is 0.486 e. The number of aryl methyl sites for hydroxylation is 1. The molecule has 1 aromatic carbocycles. The molecule has 5 rings (SSSR count). The first kappa shape index (κ1) is 23.5. The summed E-state index contributed by atoms with van der Waals surface area (Å²) in [7, 11) is 0. The molecule has 36 heavy (non-hydrogen) atoms. The molecule has 2 N–H and O–H groups in total. The van der Waals surface area contributed by atoms with Gasteiger partial charge in [-0.15, -0.1) is 0 Å². The zero-order valence-corrected chi connectivity index (χ0v) is 20.2. The first-order valence-electron chi connectivity index (χ1n) is 11.2. The Morgan fingerprint density at radius 3 is 2.83 bits per heavy atom. The van der Waals surface area contributed by atoms with Crippen molar-refractivity contribution in [3.8, 4) is 5.75 Å². The monoisotopic (exact) mass is 507 g/mol. The van der Waals surface area contributed by atoms with Crippen molar-refractivity contribution in [2.75, 3.05) is 23.4 Å². The van der Waals surface area contributed by atoms with Gasteiger partial charge in [-0.3, -0.25) is 9.78 Å².